The molecule has 2 aromatic rings. The topological polar surface area (TPSA) is 45.5 Å². The van der Waals surface area contributed by atoms with E-state index in [9.17, 15) is 4.79 Å². The second kappa shape index (κ2) is 7.28. The molecule has 1 aliphatic heterocycles. The zero-order valence-electron chi connectivity index (χ0n) is 15.8. The number of rotatable bonds is 4. The highest BCUT2D eigenvalue weighted by molar-refractivity contribution is 5.94. The van der Waals surface area contributed by atoms with Gasteiger partial charge in [0.15, 0.2) is 0 Å². The van der Waals surface area contributed by atoms with E-state index in [1.165, 1.54) is 30.4 Å². The van der Waals surface area contributed by atoms with E-state index < -0.39 is 0 Å². The maximum Gasteiger partial charge on any atom is 0.251 e. The van der Waals surface area contributed by atoms with E-state index in [4.69, 9.17) is 4.42 Å². The van der Waals surface area contributed by atoms with Crippen molar-refractivity contribution in [1.29, 1.82) is 0 Å². The molecule has 2 heterocycles. The van der Waals surface area contributed by atoms with Gasteiger partial charge in [-0.15, -0.1) is 0 Å². The molecule has 1 amide bonds. The number of aryl methyl sites for hydroxylation is 2. The van der Waals surface area contributed by atoms with Gasteiger partial charge < -0.3 is 9.73 Å². The van der Waals surface area contributed by atoms with Crippen LogP contribution in [0.5, 0.6) is 0 Å². The minimum Gasteiger partial charge on any atom is -0.466 e. The number of amides is 1. The van der Waals surface area contributed by atoms with Gasteiger partial charge in [-0.25, -0.2) is 0 Å². The Kier molecular flexibility index (Phi) is 4.86. The summed E-state index contributed by atoms with van der Waals surface area (Å²) in [6.45, 7) is 6.65. The maximum atomic E-state index is 12.6. The van der Waals surface area contributed by atoms with E-state index in [-0.39, 0.29) is 5.91 Å². The van der Waals surface area contributed by atoms with E-state index in [1.54, 1.807) is 0 Å². The number of nitrogens with zero attached hydrogens (tertiary/aromatic N) is 1. The number of hydrogen-bond acceptors (Lipinski definition) is 3. The van der Waals surface area contributed by atoms with Crippen LogP contribution in [0.15, 0.2) is 28.7 Å². The second-order valence-electron chi connectivity index (χ2n) is 7.73. The Bertz CT molecular complexity index is 804. The van der Waals surface area contributed by atoms with Crippen molar-refractivity contribution in [1.82, 2.24) is 10.2 Å². The minimum absolute atomic E-state index is 0.00820. The predicted octanol–water partition coefficient (Wildman–Crippen LogP) is 3.78. The van der Waals surface area contributed by atoms with Crippen molar-refractivity contribution in [3.63, 3.8) is 0 Å². The number of fused-ring (bicyclic) bond motifs is 1. The van der Waals surface area contributed by atoms with Gasteiger partial charge in [-0.1, -0.05) is 12.5 Å². The summed E-state index contributed by atoms with van der Waals surface area (Å²) in [6, 6.07) is 9.01. The summed E-state index contributed by atoms with van der Waals surface area (Å²) >= 11 is 0. The molecule has 1 N–H and O–H groups in total. The van der Waals surface area contributed by atoms with E-state index >= 15 is 0 Å². The molecule has 0 spiro atoms. The minimum atomic E-state index is -0.00820. The summed E-state index contributed by atoms with van der Waals surface area (Å²) in [7, 11) is 0. The van der Waals surface area contributed by atoms with Gasteiger partial charge in [-0.3, -0.25) is 9.69 Å². The monoisotopic (exact) mass is 352 g/mol. The van der Waals surface area contributed by atoms with Gasteiger partial charge in [0.25, 0.3) is 5.91 Å². The Hall–Kier alpha value is -2.07. The van der Waals surface area contributed by atoms with Gasteiger partial charge in [0.2, 0.25) is 0 Å². The fraction of sp³-hybridized carbons (Fsp3) is 0.500. The largest absolute Gasteiger partial charge is 0.466 e. The van der Waals surface area contributed by atoms with Crippen LogP contribution in [0.2, 0.25) is 0 Å². The molecule has 0 radical (unpaired) electrons. The van der Waals surface area contributed by atoms with Crippen molar-refractivity contribution in [3.05, 3.63) is 58.0 Å². The first-order chi connectivity index (χ1) is 12.6. The molecule has 4 nitrogen and oxygen atoms in total. The van der Waals surface area contributed by atoms with Gasteiger partial charge in [0, 0.05) is 36.8 Å². The number of nitrogens with one attached hydrogen (secondary N) is 1. The molecule has 0 saturated heterocycles. The van der Waals surface area contributed by atoms with Gasteiger partial charge in [0.05, 0.1) is 0 Å². The number of hydrogen-bond donors (Lipinski definition) is 1. The summed E-state index contributed by atoms with van der Waals surface area (Å²) in [5.74, 6) is 1.75. The maximum absolute atomic E-state index is 12.6. The zero-order chi connectivity index (χ0) is 18.1. The molecule has 2 aliphatic rings. The van der Waals surface area contributed by atoms with E-state index in [0.29, 0.717) is 6.54 Å². The quantitative estimate of drug-likeness (QED) is 0.911. The zero-order valence-corrected chi connectivity index (χ0v) is 15.8. The first kappa shape index (κ1) is 17.3. The predicted molar refractivity (Wildman–Crippen MR) is 102 cm³/mol. The molecule has 1 aliphatic carbocycles. The fourth-order valence-corrected chi connectivity index (χ4v) is 4.14. The molecule has 1 fully saturated rings. The van der Waals surface area contributed by atoms with Crippen LogP contribution in [-0.4, -0.2) is 29.9 Å². The molecule has 1 aromatic heterocycles. The normalized spacial score (nSPS) is 18.1. The van der Waals surface area contributed by atoms with Crippen LogP contribution in [0.25, 0.3) is 0 Å². The number of benzene rings is 1. The lowest BCUT2D eigenvalue weighted by Crippen LogP contribution is -2.41. The lowest BCUT2D eigenvalue weighted by molar-refractivity contribution is 0.0950. The van der Waals surface area contributed by atoms with Crippen molar-refractivity contribution in [2.45, 2.75) is 58.5 Å². The van der Waals surface area contributed by atoms with Crippen LogP contribution in [-0.2, 0) is 19.4 Å². The van der Waals surface area contributed by atoms with Crippen molar-refractivity contribution in [3.8, 4) is 0 Å². The SMILES string of the molecule is Cc1cc(CNC(=O)c2ccc3c(c2)CCN(C2CCC2)CC3)c(C)o1. The average molecular weight is 352 g/mol. The van der Waals surface area contributed by atoms with Gasteiger partial charge >= 0.3 is 0 Å². The highest BCUT2D eigenvalue weighted by Crippen LogP contribution is 2.27. The number of carbonyl (C=O) groups excluding carboxylic acids is 1. The third-order valence-corrected chi connectivity index (χ3v) is 5.98. The first-order valence-corrected chi connectivity index (χ1v) is 9.80. The second-order valence-corrected chi connectivity index (χ2v) is 7.73. The Balaban J connectivity index is 1.41. The molecule has 26 heavy (non-hydrogen) atoms. The Morgan fingerprint density at radius 2 is 1.92 bits per heavy atom. The summed E-state index contributed by atoms with van der Waals surface area (Å²) < 4.78 is 5.53. The smallest absolute Gasteiger partial charge is 0.251 e. The molecule has 4 rings (SSSR count). The van der Waals surface area contributed by atoms with E-state index in [1.807, 2.05) is 26.0 Å². The van der Waals surface area contributed by atoms with Crippen LogP contribution in [0.4, 0.5) is 0 Å². The number of carbonyl (C=O) groups is 1. The highest BCUT2D eigenvalue weighted by atomic mass is 16.3. The third-order valence-electron chi connectivity index (χ3n) is 5.98. The molecular weight excluding hydrogens is 324 g/mol. The average Bonchev–Trinajstić information content (AvgIpc) is 2.78. The third kappa shape index (κ3) is 3.56. The van der Waals surface area contributed by atoms with Crippen molar-refractivity contribution in [2.24, 2.45) is 0 Å². The van der Waals surface area contributed by atoms with Crippen molar-refractivity contribution >= 4 is 5.91 Å². The molecular formula is C22H28N2O2. The standard InChI is InChI=1S/C22H28N2O2/c1-15-12-20(16(2)26-15)14-23-22(25)19-7-6-17-8-10-24(21-4-3-5-21)11-9-18(17)13-19/h6-7,12-13,21H,3-5,8-11,14H2,1-2H3,(H,23,25). The van der Waals surface area contributed by atoms with Crippen LogP contribution < -0.4 is 5.32 Å². The van der Waals surface area contributed by atoms with Gasteiger partial charge in [0.1, 0.15) is 11.5 Å². The van der Waals surface area contributed by atoms with Crippen LogP contribution in [0, 0.1) is 13.8 Å². The Morgan fingerprint density at radius 1 is 1.15 bits per heavy atom. The van der Waals surface area contributed by atoms with E-state index in [2.05, 4.69) is 22.3 Å². The first-order valence-electron chi connectivity index (χ1n) is 9.80. The van der Waals surface area contributed by atoms with Crippen LogP contribution in [0.3, 0.4) is 0 Å². The van der Waals surface area contributed by atoms with Gasteiger partial charge in [-0.2, -0.15) is 0 Å². The van der Waals surface area contributed by atoms with Crippen LogP contribution in [0.1, 0.15) is 57.8 Å². The molecule has 0 bridgehead atoms. The fourth-order valence-electron chi connectivity index (χ4n) is 4.14. The van der Waals surface area contributed by atoms with Gasteiger partial charge in [-0.05, 0) is 68.9 Å². The summed E-state index contributed by atoms with van der Waals surface area (Å²) in [5.41, 5.74) is 4.56. The molecule has 138 valence electrons. The van der Waals surface area contributed by atoms with E-state index in [0.717, 1.165) is 54.6 Å². The molecule has 1 aromatic carbocycles. The Morgan fingerprint density at radius 3 is 2.58 bits per heavy atom. The summed E-state index contributed by atoms with van der Waals surface area (Å²) in [5, 5.41) is 3.03. The Labute approximate surface area is 155 Å². The lowest BCUT2D eigenvalue weighted by Gasteiger charge is -2.36. The van der Waals surface area contributed by atoms with Crippen LogP contribution >= 0.6 is 0 Å². The van der Waals surface area contributed by atoms with Crippen molar-refractivity contribution < 1.29 is 9.21 Å². The molecule has 4 heteroatoms. The highest BCUT2D eigenvalue weighted by Gasteiger charge is 2.26. The molecule has 0 atom stereocenters. The number of furan rings is 1. The molecule has 0 unspecified atom stereocenters. The lowest BCUT2D eigenvalue weighted by atomic mass is 9.91. The molecule has 1 saturated carbocycles. The summed E-state index contributed by atoms with van der Waals surface area (Å²) in [6.07, 6.45) is 6.25. The summed E-state index contributed by atoms with van der Waals surface area (Å²) in [4.78, 5) is 15.2. The van der Waals surface area contributed by atoms with Crippen molar-refractivity contribution in [2.75, 3.05) is 13.1 Å².